The maximum Gasteiger partial charge on any atom is 0.135 e. The van der Waals surface area contributed by atoms with Gasteiger partial charge in [0.15, 0.2) is 0 Å². The van der Waals surface area contributed by atoms with Crippen LogP contribution in [-0.4, -0.2) is 17.7 Å². The molecule has 1 aliphatic heterocycles. The van der Waals surface area contributed by atoms with Crippen molar-refractivity contribution in [3.63, 3.8) is 0 Å². The minimum atomic E-state index is 0.165. The van der Waals surface area contributed by atoms with Gasteiger partial charge < -0.3 is 9.47 Å². The van der Waals surface area contributed by atoms with E-state index in [4.69, 9.17) is 9.47 Å². The fraction of sp³-hybridized carbons (Fsp3) is 0.238. The molecule has 4 nitrogen and oxygen atoms in total. The van der Waals surface area contributed by atoms with E-state index in [1.54, 1.807) is 0 Å². The van der Waals surface area contributed by atoms with Gasteiger partial charge in [-0.25, -0.2) is 4.98 Å². The van der Waals surface area contributed by atoms with Crippen LogP contribution in [0.1, 0.15) is 30.0 Å². The van der Waals surface area contributed by atoms with Gasteiger partial charge in [-0.05, 0) is 44.2 Å². The van der Waals surface area contributed by atoms with Crippen molar-refractivity contribution in [3.8, 4) is 17.6 Å². The lowest BCUT2D eigenvalue weighted by Gasteiger charge is -2.10. The van der Waals surface area contributed by atoms with E-state index >= 15 is 0 Å². The predicted octanol–water partition coefficient (Wildman–Crippen LogP) is 5.08. The lowest BCUT2D eigenvalue weighted by Crippen LogP contribution is -2.05. The van der Waals surface area contributed by atoms with Crippen LogP contribution in [0.15, 0.2) is 36.4 Å². The van der Waals surface area contributed by atoms with E-state index in [1.165, 1.54) is 11.3 Å². The molecule has 0 N–H and O–H groups in total. The topological polar surface area (TPSA) is 55.1 Å². The third-order valence-corrected chi connectivity index (χ3v) is 5.34. The molecule has 26 heavy (non-hydrogen) atoms. The van der Waals surface area contributed by atoms with Crippen molar-refractivity contribution in [2.24, 2.45) is 0 Å². The molecule has 4 rings (SSSR count). The van der Waals surface area contributed by atoms with E-state index in [-0.39, 0.29) is 6.10 Å². The van der Waals surface area contributed by atoms with Gasteiger partial charge in [0.25, 0.3) is 0 Å². The van der Waals surface area contributed by atoms with Crippen molar-refractivity contribution in [1.82, 2.24) is 4.98 Å². The molecule has 0 radical (unpaired) electrons. The molecule has 0 saturated heterocycles. The first-order valence-corrected chi connectivity index (χ1v) is 9.43. The van der Waals surface area contributed by atoms with Crippen LogP contribution in [0.3, 0.4) is 0 Å². The van der Waals surface area contributed by atoms with Gasteiger partial charge in [0.1, 0.15) is 28.7 Å². The molecule has 1 atom stereocenters. The second kappa shape index (κ2) is 6.81. The molecule has 0 bridgehead atoms. The second-order valence-electron chi connectivity index (χ2n) is 6.22. The summed E-state index contributed by atoms with van der Waals surface area (Å²) in [5.74, 6) is 1.65. The number of allylic oxidation sites excluding steroid dienone is 1. The molecule has 2 aromatic carbocycles. The van der Waals surface area contributed by atoms with Gasteiger partial charge in [0.2, 0.25) is 0 Å². The van der Waals surface area contributed by atoms with Crippen molar-refractivity contribution in [3.05, 3.63) is 52.5 Å². The van der Waals surface area contributed by atoms with Crippen LogP contribution in [0.4, 0.5) is 0 Å². The summed E-state index contributed by atoms with van der Waals surface area (Å²) in [6.07, 6.45) is 2.89. The van der Waals surface area contributed by atoms with E-state index in [1.807, 2.05) is 49.4 Å². The molecule has 0 saturated carbocycles. The van der Waals surface area contributed by atoms with Crippen LogP contribution in [0.5, 0.6) is 11.5 Å². The van der Waals surface area contributed by atoms with Crippen LogP contribution in [-0.2, 0) is 6.42 Å². The molecule has 130 valence electrons. The lowest BCUT2D eigenvalue weighted by molar-refractivity contribution is 0.254. The summed E-state index contributed by atoms with van der Waals surface area (Å²) in [5.41, 5.74) is 3.43. The van der Waals surface area contributed by atoms with Crippen LogP contribution >= 0.6 is 11.3 Å². The smallest absolute Gasteiger partial charge is 0.135 e. The van der Waals surface area contributed by atoms with E-state index < -0.39 is 0 Å². The normalized spacial score (nSPS) is 16.2. The number of nitrogens with zero attached hydrogens (tertiary/aromatic N) is 2. The first-order chi connectivity index (χ1) is 12.7. The van der Waals surface area contributed by atoms with E-state index in [0.29, 0.717) is 17.2 Å². The van der Waals surface area contributed by atoms with Gasteiger partial charge in [-0.3, -0.25) is 0 Å². The number of benzene rings is 2. The first kappa shape index (κ1) is 16.6. The number of ether oxygens (including phenoxy) is 2. The quantitative estimate of drug-likeness (QED) is 0.607. The highest BCUT2D eigenvalue weighted by Crippen LogP contribution is 2.37. The molecule has 0 fully saturated rings. The third-order valence-electron chi connectivity index (χ3n) is 4.27. The minimum Gasteiger partial charge on any atom is -0.493 e. The second-order valence-corrected chi connectivity index (χ2v) is 7.25. The van der Waals surface area contributed by atoms with Gasteiger partial charge in [-0.15, -0.1) is 11.3 Å². The van der Waals surface area contributed by atoms with E-state index in [2.05, 4.69) is 18.0 Å². The SMILES string of the molecule is CCOc1cc2c(cc1C=C(C#N)c1nc3ccccc3s1)OC(C)C2. The number of thiazole rings is 1. The van der Waals surface area contributed by atoms with Gasteiger partial charge >= 0.3 is 0 Å². The van der Waals surface area contributed by atoms with Crippen LogP contribution in [0.2, 0.25) is 0 Å². The Morgan fingerprint density at radius 2 is 2.27 bits per heavy atom. The Morgan fingerprint density at radius 1 is 1.42 bits per heavy atom. The maximum atomic E-state index is 9.70. The van der Waals surface area contributed by atoms with Gasteiger partial charge in [-0.1, -0.05) is 12.1 Å². The Kier molecular flexibility index (Phi) is 4.36. The zero-order valence-corrected chi connectivity index (χ0v) is 15.5. The van der Waals surface area contributed by atoms with E-state index in [9.17, 15) is 5.26 Å². The van der Waals surface area contributed by atoms with Crippen LogP contribution < -0.4 is 9.47 Å². The van der Waals surface area contributed by atoms with Crippen molar-refractivity contribution < 1.29 is 9.47 Å². The average Bonchev–Trinajstić information content (AvgIpc) is 3.21. The Labute approximate surface area is 156 Å². The summed E-state index contributed by atoms with van der Waals surface area (Å²) in [6, 6.07) is 14.2. The molecule has 0 aliphatic carbocycles. The monoisotopic (exact) mass is 362 g/mol. The fourth-order valence-electron chi connectivity index (χ4n) is 3.13. The molecular formula is C21H18N2O2S. The number of para-hydroxylation sites is 1. The van der Waals surface area contributed by atoms with Crippen molar-refractivity contribution in [1.29, 1.82) is 5.26 Å². The Balaban J connectivity index is 1.80. The number of rotatable bonds is 4. The maximum absolute atomic E-state index is 9.70. The standard InChI is InChI=1S/C21H18N2O2S/c1-3-24-18-10-14-8-13(2)25-19(14)11-15(18)9-16(12-22)21-23-17-6-4-5-7-20(17)26-21/h4-7,9-11,13H,3,8H2,1-2H3. The largest absolute Gasteiger partial charge is 0.493 e. The number of nitriles is 1. The predicted molar refractivity (Wildman–Crippen MR) is 105 cm³/mol. The zero-order valence-electron chi connectivity index (χ0n) is 14.7. The van der Waals surface area contributed by atoms with Gasteiger partial charge in [0, 0.05) is 17.5 Å². The van der Waals surface area contributed by atoms with Gasteiger partial charge in [-0.2, -0.15) is 5.26 Å². The summed E-state index contributed by atoms with van der Waals surface area (Å²) < 4.78 is 12.7. The zero-order chi connectivity index (χ0) is 18.1. The minimum absolute atomic E-state index is 0.165. The fourth-order valence-corrected chi connectivity index (χ4v) is 4.06. The summed E-state index contributed by atoms with van der Waals surface area (Å²) >= 11 is 1.52. The average molecular weight is 362 g/mol. The van der Waals surface area contributed by atoms with Crippen molar-refractivity contribution in [2.45, 2.75) is 26.4 Å². The Hall–Kier alpha value is -2.84. The lowest BCUT2D eigenvalue weighted by atomic mass is 10.0. The number of hydrogen-bond donors (Lipinski definition) is 0. The molecule has 2 heterocycles. The summed E-state index contributed by atoms with van der Waals surface area (Å²) in [7, 11) is 0. The number of hydrogen-bond acceptors (Lipinski definition) is 5. The third kappa shape index (κ3) is 3.04. The van der Waals surface area contributed by atoms with Crippen LogP contribution in [0, 0.1) is 11.3 Å². The van der Waals surface area contributed by atoms with Crippen molar-refractivity contribution >= 4 is 33.2 Å². The Morgan fingerprint density at radius 3 is 3.04 bits per heavy atom. The summed E-state index contributed by atoms with van der Waals surface area (Å²) in [5, 5.41) is 10.4. The highest BCUT2D eigenvalue weighted by molar-refractivity contribution is 7.19. The highest BCUT2D eigenvalue weighted by Gasteiger charge is 2.22. The summed E-state index contributed by atoms with van der Waals surface area (Å²) in [4.78, 5) is 4.60. The molecular weight excluding hydrogens is 344 g/mol. The van der Waals surface area contributed by atoms with Crippen LogP contribution in [0.25, 0.3) is 21.9 Å². The number of fused-ring (bicyclic) bond motifs is 2. The summed E-state index contributed by atoms with van der Waals surface area (Å²) in [6.45, 7) is 4.58. The first-order valence-electron chi connectivity index (χ1n) is 8.62. The number of aromatic nitrogens is 1. The molecule has 1 unspecified atom stereocenters. The Bertz CT molecular complexity index is 1010. The molecule has 0 amide bonds. The van der Waals surface area contributed by atoms with Crippen molar-refractivity contribution in [2.75, 3.05) is 6.61 Å². The molecule has 0 spiro atoms. The highest BCUT2D eigenvalue weighted by atomic mass is 32.1. The van der Waals surface area contributed by atoms with Gasteiger partial charge in [0.05, 0.1) is 22.4 Å². The molecule has 1 aliphatic rings. The van der Waals surface area contributed by atoms with E-state index in [0.717, 1.165) is 39.3 Å². The molecule has 5 heteroatoms. The molecule has 1 aromatic heterocycles. The molecule has 3 aromatic rings.